The van der Waals surface area contributed by atoms with Crippen molar-refractivity contribution in [1.29, 1.82) is 0 Å². The maximum absolute atomic E-state index is 5.46. The third kappa shape index (κ3) is 1.97. The standard InChI is InChI=1S/C8H11N3/c1-3-7(2)5-11-6-8(9)4-10-11/h3-4,6H,1-2,5,9H2. The average molecular weight is 149 g/mol. The van der Waals surface area contributed by atoms with Crippen LogP contribution in [0.25, 0.3) is 0 Å². The van der Waals surface area contributed by atoms with E-state index in [4.69, 9.17) is 5.73 Å². The molecule has 58 valence electrons. The first-order chi connectivity index (χ1) is 5.22. The summed E-state index contributed by atoms with van der Waals surface area (Å²) in [7, 11) is 0. The van der Waals surface area contributed by atoms with Crippen molar-refractivity contribution in [3.8, 4) is 0 Å². The lowest BCUT2D eigenvalue weighted by atomic mass is 10.3. The molecule has 1 aromatic heterocycles. The van der Waals surface area contributed by atoms with Crippen LogP contribution < -0.4 is 5.73 Å². The molecule has 11 heavy (non-hydrogen) atoms. The first-order valence-corrected chi connectivity index (χ1v) is 3.30. The quantitative estimate of drug-likeness (QED) is 0.656. The molecule has 0 amide bonds. The zero-order valence-electron chi connectivity index (χ0n) is 6.33. The highest BCUT2D eigenvalue weighted by Gasteiger charge is 1.93. The molecule has 0 aliphatic rings. The highest BCUT2D eigenvalue weighted by Crippen LogP contribution is 2.01. The van der Waals surface area contributed by atoms with Crippen molar-refractivity contribution in [3.05, 3.63) is 37.2 Å². The molecular weight excluding hydrogens is 138 g/mol. The first kappa shape index (κ1) is 7.60. The molecule has 0 radical (unpaired) electrons. The lowest BCUT2D eigenvalue weighted by Gasteiger charge is -1.98. The molecular formula is C8H11N3. The minimum Gasteiger partial charge on any atom is -0.396 e. The van der Waals surface area contributed by atoms with Gasteiger partial charge >= 0.3 is 0 Å². The van der Waals surface area contributed by atoms with Crippen molar-refractivity contribution in [2.24, 2.45) is 0 Å². The monoisotopic (exact) mass is 149 g/mol. The van der Waals surface area contributed by atoms with E-state index in [1.165, 1.54) is 0 Å². The van der Waals surface area contributed by atoms with Gasteiger partial charge in [0.05, 0.1) is 18.4 Å². The number of nitrogen functional groups attached to an aromatic ring is 1. The van der Waals surface area contributed by atoms with Crippen molar-refractivity contribution in [3.63, 3.8) is 0 Å². The minimum atomic E-state index is 0.653. The Morgan fingerprint density at radius 2 is 2.55 bits per heavy atom. The van der Waals surface area contributed by atoms with Crippen molar-refractivity contribution in [2.45, 2.75) is 6.54 Å². The Morgan fingerprint density at radius 3 is 3.00 bits per heavy atom. The number of anilines is 1. The number of allylic oxidation sites excluding steroid dienone is 2. The summed E-state index contributed by atoms with van der Waals surface area (Å²) >= 11 is 0. The van der Waals surface area contributed by atoms with Gasteiger partial charge in [0.15, 0.2) is 0 Å². The molecule has 0 aliphatic heterocycles. The molecule has 1 aromatic rings. The number of nitrogens with two attached hydrogens (primary N) is 1. The summed E-state index contributed by atoms with van der Waals surface area (Å²) in [6.45, 7) is 8.00. The van der Waals surface area contributed by atoms with E-state index in [-0.39, 0.29) is 0 Å². The summed E-state index contributed by atoms with van der Waals surface area (Å²) in [5.74, 6) is 0. The summed E-state index contributed by atoms with van der Waals surface area (Å²) in [6.07, 6.45) is 5.07. The molecule has 1 rings (SSSR count). The van der Waals surface area contributed by atoms with Gasteiger partial charge in [-0.15, -0.1) is 0 Å². The zero-order chi connectivity index (χ0) is 8.27. The fraction of sp³-hybridized carbons (Fsp3) is 0.125. The molecule has 0 saturated heterocycles. The van der Waals surface area contributed by atoms with Crippen molar-refractivity contribution < 1.29 is 0 Å². The topological polar surface area (TPSA) is 43.8 Å². The van der Waals surface area contributed by atoms with E-state index in [2.05, 4.69) is 18.3 Å². The van der Waals surface area contributed by atoms with Crippen LogP contribution in [0.5, 0.6) is 0 Å². The van der Waals surface area contributed by atoms with Gasteiger partial charge in [0.25, 0.3) is 0 Å². The summed E-state index contributed by atoms with van der Waals surface area (Å²) in [6, 6.07) is 0. The second-order valence-electron chi connectivity index (χ2n) is 2.33. The Bertz CT molecular complexity index is 273. The Balaban J connectivity index is 2.64. The van der Waals surface area contributed by atoms with Gasteiger partial charge in [0, 0.05) is 6.20 Å². The zero-order valence-corrected chi connectivity index (χ0v) is 6.33. The van der Waals surface area contributed by atoms with Gasteiger partial charge in [0.1, 0.15) is 0 Å². The normalized spacial score (nSPS) is 9.45. The van der Waals surface area contributed by atoms with Gasteiger partial charge in [-0.25, -0.2) is 0 Å². The maximum atomic E-state index is 5.46. The van der Waals surface area contributed by atoms with E-state index in [1.54, 1.807) is 23.2 Å². The van der Waals surface area contributed by atoms with Crippen LogP contribution in [0.1, 0.15) is 0 Å². The van der Waals surface area contributed by atoms with E-state index in [1.807, 2.05) is 0 Å². The van der Waals surface area contributed by atoms with Crippen LogP contribution in [0, 0.1) is 0 Å². The van der Waals surface area contributed by atoms with E-state index in [9.17, 15) is 0 Å². The third-order valence-corrected chi connectivity index (χ3v) is 1.31. The van der Waals surface area contributed by atoms with Crippen LogP contribution >= 0.6 is 0 Å². The Morgan fingerprint density at radius 1 is 1.82 bits per heavy atom. The van der Waals surface area contributed by atoms with Crippen molar-refractivity contribution in [2.75, 3.05) is 5.73 Å². The third-order valence-electron chi connectivity index (χ3n) is 1.31. The van der Waals surface area contributed by atoms with E-state index in [0.29, 0.717) is 12.2 Å². The van der Waals surface area contributed by atoms with Crippen molar-refractivity contribution in [1.82, 2.24) is 9.78 Å². The molecule has 1 heterocycles. The molecule has 0 saturated carbocycles. The largest absolute Gasteiger partial charge is 0.396 e. The van der Waals surface area contributed by atoms with Gasteiger partial charge < -0.3 is 5.73 Å². The summed E-state index contributed by atoms with van der Waals surface area (Å²) in [4.78, 5) is 0. The lowest BCUT2D eigenvalue weighted by molar-refractivity contribution is 0.688. The smallest absolute Gasteiger partial charge is 0.0719 e. The Kier molecular flexibility index (Phi) is 2.11. The molecule has 0 unspecified atom stereocenters. The van der Waals surface area contributed by atoms with E-state index in [0.717, 1.165) is 5.57 Å². The average Bonchev–Trinajstić information content (AvgIpc) is 2.35. The van der Waals surface area contributed by atoms with Crippen LogP contribution in [0.15, 0.2) is 37.2 Å². The Hall–Kier alpha value is -1.51. The van der Waals surface area contributed by atoms with Crippen LogP contribution in [0.2, 0.25) is 0 Å². The molecule has 3 nitrogen and oxygen atoms in total. The lowest BCUT2D eigenvalue weighted by Crippen LogP contribution is -1.98. The van der Waals surface area contributed by atoms with Gasteiger partial charge in [-0.1, -0.05) is 19.2 Å². The van der Waals surface area contributed by atoms with Crippen LogP contribution in [-0.2, 0) is 6.54 Å². The number of aromatic nitrogens is 2. The predicted molar refractivity (Wildman–Crippen MR) is 46.0 cm³/mol. The minimum absolute atomic E-state index is 0.653. The Labute approximate surface area is 65.8 Å². The fourth-order valence-corrected chi connectivity index (χ4v) is 0.739. The number of rotatable bonds is 3. The van der Waals surface area contributed by atoms with Crippen molar-refractivity contribution >= 4 is 5.69 Å². The molecule has 0 fully saturated rings. The molecule has 2 N–H and O–H groups in total. The highest BCUT2D eigenvalue weighted by molar-refractivity contribution is 5.30. The maximum Gasteiger partial charge on any atom is 0.0719 e. The van der Waals surface area contributed by atoms with Gasteiger partial charge in [-0.3, -0.25) is 4.68 Å². The van der Waals surface area contributed by atoms with Gasteiger partial charge in [-0.2, -0.15) is 5.10 Å². The fourth-order valence-electron chi connectivity index (χ4n) is 0.739. The van der Waals surface area contributed by atoms with E-state index < -0.39 is 0 Å². The molecule has 0 aromatic carbocycles. The first-order valence-electron chi connectivity index (χ1n) is 3.30. The van der Waals surface area contributed by atoms with Gasteiger partial charge in [-0.05, 0) is 5.57 Å². The van der Waals surface area contributed by atoms with E-state index >= 15 is 0 Å². The van der Waals surface area contributed by atoms with Crippen LogP contribution in [0.4, 0.5) is 5.69 Å². The molecule has 0 aliphatic carbocycles. The number of nitrogens with zero attached hydrogens (tertiary/aromatic N) is 2. The second-order valence-corrected chi connectivity index (χ2v) is 2.33. The highest BCUT2D eigenvalue weighted by atomic mass is 15.3. The molecule has 0 spiro atoms. The molecule has 0 atom stereocenters. The SMILES string of the molecule is C=CC(=C)Cn1cc(N)cn1. The predicted octanol–water partition coefficient (Wildman–Crippen LogP) is 1.21. The van der Waals surface area contributed by atoms with Crippen LogP contribution in [0.3, 0.4) is 0 Å². The summed E-state index contributed by atoms with van der Waals surface area (Å²) in [5, 5.41) is 3.99. The second kappa shape index (κ2) is 3.05. The van der Waals surface area contributed by atoms with Gasteiger partial charge in [0.2, 0.25) is 0 Å². The molecule has 0 bridgehead atoms. The summed E-state index contributed by atoms with van der Waals surface area (Å²) < 4.78 is 1.72. The number of hydrogen-bond donors (Lipinski definition) is 1. The molecule has 3 heteroatoms. The number of hydrogen-bond acceptors (Lipinski definition) is 2. The summed E-state index contributed by atoms with van der Waals surface area (Å²) in [5.41, 5.74) is 7.05. The van der Waals surface area contributed by atoms with Crippen LogP contribution in [-0.4, -0.2) is 9.78 Å².